The molecule has 0 saturated carbocycles. The Balaban J connectivity index is 2.11. The number of carbonyl (C=O) groups is 2. The van der Waals surface area contributed by atoms with Crippen LogP contribution in [0, 0.1) is 11.7 Å². The summed E-state index contributed by atoms with van der Waals surface area (Å²) >= 11 is 0. The van der Waals surface area contributed by atoms with Gasteiger partial charge in [-0.05, 0) is 23.6 Å². The Morgan fingerprint density at radius 1 is 1.00 bits per heavy atom. The van der Waals surface area contributed by atoms with Crippen molar-refractivity contribution in [2.45, 2.75) is 26.7 Å². The Morgan fingerprint density at radius 3 is 1.95 bits per heavy atom. The molecule has 1 aliphatic rings. The number of nitrogens with zero attached hydrogens (tertiary/aromatic N) is 2. The van der Waals surface area contributed by atoms with Crippen LogP contribution in [0.2, 0.25) is 0 Å². The Hall–Kier alpha value is -1.91. The first-order valence-electron chi connectivity index (χ1n) is 7.70. The summed E-state index contributed by atoms with van der Waals surface area (Å²) in [7, 11) is 0. The maximum absolute atomic E-state index is 13.1. The molecular formula is C17H23FN2O2. The average Bonchev–Trinajstić information content (AvgIpc) is 2.49. The summed E-state index contributed by atoms with van der Waals surface area (Å²) in [6, 6.07) is 6.16. The fourth-order valence-corrected chi connectivity index (χ4v) is 2.92. The Morgan fingerprint density at radius 2 is 1.50 bits per heavy atom. The van der Waals surface area contributed by atoms with Gasteiger partial charge in [0.15, 0.2) is 0 Å². The second-order valence-electron chi connectivity index (χ2n) is 6.10. The minimum Gasteiger partial charge on any atom is -0.339 e. The van der Waals surface area contributed by atoms with Crippen LogP contribution in [0.25, 0.3) is 0 Å². The third kappa shape index (κ3) is 3.64. The summed E-state index contributed by atoms with van der Waals surface area (Å²) < 4.78 is 13.1. The molecule has 0 N–H and O–H groups in total. The molecule has 0 aromatic heterocycles. The van der Waals surface area contributed by atoms with E-state index >= 15 is 0 Å². The van der Waals surface area contributed by atoms with Crippen LogP contribution in [-0.2, 0) is 9.59 Å². The molecule has 4 nitrogen and oxygen atoms in total. The molecule has 120 valence electrons. The van der Waals surface area contributed by atoms with Crippen molar-refractivity contribution in [3.05, 3.63) is 35.6 Å². The van der Waals surface area contributed by atoms with Crippen LogP contribution in [0.3, 0.4) is 0 Å². The largest absolute Gasteiger partial charge is 0.339 e. The maximum atomic E-state index is 13.1. The lowest BCUT2D eigenvalue weighted by Crippen LogP contribution is -2.51. The summed E-state index contributed by atoms with van der Waals surface area (Å²) in [5, 5.41) is 0. The van der Waals surface area contributed by atoms with Crippen LogP contribution in [-0.4, -0.2) is 47.8 Å². The molecule has 1 unspecified atom stereocenters. The molecule has 1 aromatic carbocycles. The Labute approximate surface area is 130 Å². The van der Waals surface area contributed by atoms with Gasteiger partial charge < -0.3 is 9.80 Å². The molecule has 1 atom stereocenters. The standard InChI is InChI=1S/C17H23FN2O2/c1-12(2)16(14-4-6-15(18)7-5-14)17(22)20-10-8-19(9-11-20)13(3)21/h4-7,12,16H,8-11H2,1-3H3. The van der Waals surface area contributed by atoms with Crippen molar-refractivity contribution in [3.8, 4) is 0 Å². The molecule has 22 heavy (non-hydrogen) atoms. The van der Waals surface area contributed by atoms with Crippen LogP contribution in [0.5, 0.6) is 0 Å². The molecule has 5 heteroatoms. The van der Waals surface area contributed by atoms with Crippen LogP contribution in [0.15, 0.2) is 24.3 Å². The van der Waals surface area contributed by atoms with Crippen molar-refractivity contribution in [2.24, 2.45) is 5.92 Å². The zero-order valence-corrected chi connectivity index (χ0v) is 13.4. The van der Waals surface area contributed by atoms with Crippen molar-refractivity contribution in [3.63, 3.8) is 0 Å². The van der Waals surface area contributed by atoms with Gasteiger partial charge in [-0.3, -0.25) is 9.59 Å². The summed E-state index contributed by atoms with van der Waals surface area (Å²) in [5.74, 6) is -0.335. The number of carbonyl (C=O) groups excluding carboxylic acids is 2. The van der Waals surface area contributed by atoms with Gasteiger partial charge in [-0.1, -0.05) is 26.0 Å². The molecule has 1 fully saturated rings. The second-order valence-corrected chi connectivity index (χ2v) is 6.10. The van der Waals surface area contributed by atoms with Crippen molar-refractivity contribution in [1.29, 1.82) is 0 Å². The van der Waals surface area contributed by atoms with E-state index in [1.807, 2.05) is 18.7 Å². The fourth-order valence-electron chi connectivity index (χ4n) is 2.92. The van der Waals surface area contributed by atoms with Gasteiger partial charge in [0.25, 0.3) is 0 Å². The molecule has 0 spiro atoms. The molecule has 1 heterocycles. The number of benzene rings is 1. The van der Waals surface area contributed by atoms with Crippen LogP contribution >= 0.6 is 0 Å². The summed E-state index contributed by atoms with van der Waals surface area (Å²) in [5.41, 5.74) is 0.843. The lowest BCUT2D eigenvalue weighted by atomic mass is 9.87. The SMILES string of the molecule is CC(=O)N1CCN(C(=O)C(c2ccc(F)cc2)C(C)C)CC1. The van der Waals surface area contributed by atoms with Gasteiger partial charge in [0.05, 0.1) is 5.92 Å². The lowest BCUT2D eigenvalue weighted by Gasteiger charge is -2.37. The normalized spacial score (nSPS) is 16.8. The molecule has 0 aliphatic carbocycles. The van der Waals surface area contributed by atoms with Crippen LogP contribution in [0.1, 0.15) is 32.3 Å². The van der Waals surface area contributed by atoms with Gasteiger partial charge in [-0.25, -0.2) is 4.39 Å². The molecule has 1 aliphatic heterocycles. The highest BCUT2D eigenvalue weighted by molar-refractivity contribution is 5.84. The smallest absolute Gasteiger partial charge is 0.230 e. The topological polar surface area (TPSA) is 40.6 Å². The number of amides is 2. The summed E-state index contributed by atoms with van der Waals surface area (Å²) in [4.78, 5) is 27.8. The highest BCUT2D eigenvalue weighted by atomic mass is 19.1. The average molecular weight is 306 g/mol. The second kappa shape index (κ2) is 6.90. The third-order valence-electron chi connectivity index (χ3n) is 4.20. The number of piperazine rings is 1. The number of rotatable bonds is 3. The highest BCUT2D eigenvalue weighted by Gasteiger charge is 2.31. The minimum atomic E-state index is -0.297. The van der Waals surface area contributed by atoms with Crippen LogP contribution < -0.4 is 0 Å². The molecule has 1 aromatic rings. The lowest BCUT2D eigenvalue weighted by molar-refractivity contribution is -0.140. The first-order chi connectivity index (χ1) is 10.4. The Kier molecular flexibility index (Phi) is 5.16. The van der Waals surface area contributed by atoms with Gasteiger partial charge in [0.2, 0.25) is 11.8 Å². The van der Waals surface area contributed by atoms with Gasteiger partial charge >= 0.3 is 0 Å². The monoisotopic (exact) mass is 306 g/mol. The van der Waals surface area contributed by atoms with E-state index in [1.165, 1.54) is 12.1 Å². The van der Waals surface area contributed by atoms with Gasteiger partial charge in [0.1, 0.15) is 5.82 Å². The predicted molar refractivity (Wildman–Crippen MR) is 82.8 cm³/mol. The van der Waals surface area contributed by atoms with E-state index in [-0.39, 0.29) is 29.5 Å². The van der Waals surface area contributed by atoms with E-state index < -0.39 is 0 Å². The minimum absolute atomic E-state index is 0.0473. The van der Waals surface area contributed by atoms with Crippen molar-refractivity contribution >= 4 is 11.8 Å². The van der Waals surface area contributed by atoms with Gasteiger partial charge in [0, 0.05) is 33.1 Å². The van der Waals surface area contributed by atoms with E-state index in [2.05, 4.69) is 0 Å². The van der Waals surface area contributed by atoms with Crippen molar-refractivity contribution in [1.82, 2.24) is 9.80 Å². The molecular weight excluding hydrogens is 283 g/mol. The van der Waals surface area contributed by atoms with Gasteiger partial charge in [-0.2, -0.15) is 0 Å². The predicted octanol–water partition coefficient (Wildman–Crippen LogP) is 2.26. The highest BCUT2D eigenvalue weighted by Crippen LogP contribution is 2.27. The fraction of sp³-hybridized carbons (Fsp3) is 0.529. The van der Waals surface area contributed by atoms with E-state index in [0.717, 1.165) is 5.56 Å². The third-order valence-corrected chi connectivity index (χ3v) is 4.20. The van der Waals surface area contributed by atoms with Crippen molar-refractivity contribution in [2.75, 3.05) is 26.2 Å². The van der Waals surface area contributed by atoms with Crippen LogP contribution in [0.4, 0.5) is 4.39 Å². The van der Waals surface area contributed by atoms with Gasteiger partial charge in [-0.15, -0.1) is 0 Å². The number of hydrogen-bond acceptors (Lipinski definition) is 2. The molecule has 0 bridgehead atoms. The molecule has 2 rings (SSSR count). The van der Waals surface area contributed by atoms with Crippen molar-refractivity contribution < 1.29 is 14.0 Å². The Bertz CT molecular complexity index is 534. The summed E-state index contributed by atoms with van der Waals surface area (Å²) in [6.07, 6.45) is 0. The number of halogens is 1. The maximum Gasteiger partial charge on any atom is 0.230 e. The quantitative estimate of drug-likeness (QED) is 0.859. The molecule has 2 amide bonds. The first kappa shape index (κ1) is 16.5. The zero-order chi connectivity index (χ0) is 16.3. The summed E-state index contributed by atoms with van der Waals surface area (Å²) in [6.45, 7) is 7.82. The molecule has 1 saturated heterocycles. The van der Waals surface area contributed by atoms with E-state index in [0.29, 0.717) is 26.2 Å². The molecule has 0 radical (unpaired) electrons. The van der Waals surface area contributed by atoms with E-state index in [4.69, 9.17) is 0 Å². The zero-order valence-electron chi connectivity index (χ0n) is 13.4. The van der Waals surface area contributed by atoms with E-state index in [1.54, 1.807) is 24.0 Å². The number of hydrogen-bond donors (Lipinski definition) is 0. The first-order valence-corrected chi connectivity index (χ1v) is 7.70. The van der Waals surface area contributed by atoms with E-state index in [9.17, 15) is 14.0 Å².